The molecule has 88 valence electrons. The Labute approximate surface area is 98.2 Å². The van der Waals surface area contributed by atoms with Crippen LogP contribution in [-0.2, 0) is 11.2 Å². The van der Waals surface area contributed by atoms with Gasteiger partial charge in [-0.3, -0.25) is 4.90 Å². The van der Waals surface area contributed by atoms with Gasteiger partial charge in [0.15, 0.2) is 0 Å². The van der Waals surface area contributed by atoms with Gasteiger partial charge >= 0.3 is 0 Å². The monoisotopic (exact) mass is 219 g/mol. The predicted octanol–water partition coefficient (Wildman–Crippen LogP) is 2.26. The molecule has 0 unspecified atom stereocenters. The molecule has 1 aliphatic heterocycles. The molecule has 1 aromatic rings. The minimum atomic E-state index is 0.907. The summed E-state index contributed by atoms with van der Waals surface area (Å²) in [5, 5.41) is 0. The van der Waals surface area contributed by atoms with Crippen LogP contribution in [0.4, 0.5) is 0 Å². The number of morpholine rings is 1. The van der Waals surface area contributed by atoms with Crippen molar-refractivity contribution in [2.45, 2.75) is 19.8 Å². The molecular weight excluding hydrogens is 198 g/mol. The molecule has 16 heavy (non-hydrogen) atoms. The number of benzene rings is 1. The zero-order valence-electron chi connectivity index (χ0n) is 10.1. The van der Waals surface area contributed by atoms with Crippen LogP contribution in [0.5, 0.6) is 0 Å². The third-order valence-corrected chi connectivity index (χ3v) is 3.16. The molecule has 0 bridgehead atoms. The van der Waals surface area contributed by atoms with E-state index < -0.39 is 0 Å². The van der Waals surface area contributed by atoms with Gasteiger partial charge in [-0.1, -0.05) is 29.8 Å². The number of hydrogen-bond donors (Lipinski definition) is 0. The third-order valence-electron chi connectivity index (χ3n) is 3.16. The van der Waals surface area contributed by atoms with Gasteiger partial charge in [0.1, 0.15) is 0 Å². The lowest BCUT2D eigenvalue weighted by Crippen LogP contribution is -2.36. The fourth-order valence-corrected chi connectivity index (χ4v) is 2.09. The van der Waals surface area contributed by atoms with Crippen LogP contribution in [-0.4, -0.2) is 37.7 Å². The van der Waals surface area contributed by atoms with E-state index in [-0.39, 0.29) is 0 Å². The summed E-state index contributed by atoms with van der Waals surface area (Å²) in [5.41, 5.74) is 2.80. The smallest absolute Gasteiger partial charge is 0.0594 e. The Balaban J connectivity index is 1.69. The molecule has 2 nitrogen and oxygen atoms in total. The summed E-state index contributed by atoms with van der Waals surface area (Å²) in [6.45, 7) is 7.37. The molecule has 1 aromatic carbocycles. The lowest BCUT2D eigenvalue weighted by molar-refractivity contribution is 0.0375. The van der Waals surface area contributed by atoms with E-state index in [4.69, 9.17) is 4.74 Å². The summed E-state index contributed by atoms with van der Waals surface area (Å²) in [6, 6.07) is 8.89. The number of ether oxygens (including phenoxy) is 1. The minimum Gasteiger partial charge on any atom is -0.379 e. The Hall–Kier alpha value is -0.860. The van der Waals surface area contributed by atoms with E-state index in [0.29, 0.717) is 0 Å². The van der Waals surface area contributed by atoms with Gasteiger partial charge in [0.2, 0.25) is 0 Å². The first-order valence-electron chi connectivity index (χ1n) is 6.20. The summed E-state index contributed by atoms with van der Waals surface area (Å²) in [7, 11) is 0. The third kappa shape index (κ3) is 3.62. The van der Waals surface area contributed by atoms with E-state index in [2.05, 4.69) is 36.1 Å². The molecule has 1 heterocycles. The maximum Gasteiger partial charge on any atom is 0.0594 e. The Morgan fingerprint density at radius 1 is 1.12 bits per heavy atom. The highest BCUT2D eigenvalue weighted by Gasteiger charge is 2.09. The molecule has 2 heteroatoms. The second-order valence-corrected chi connectivity index (χ2v) is 4.54. The second kappa shape index (κ2) is 6.02. The van der Waals surface area contributed by atoms with Crippen molar-refractivity contribution in [1.82, 2.24) is 4.90 Å². The van der Waals surface area contributed by atoms with Crippen molar-refractivity contribution >= 4 is 0 Å². The molecule has 0 atom stereocenters. The zero-order chi connectivity index (χ0) is 11.2. The zero-order valence-corrected chi connectivity index (χ0v) is 10.1. The molecule has 1 aliphatic rings. The van der Waals surface area contributed by atoms with Crippen molar-refractivity contribution in [1.29, 1.82) is 0 Å². The van der Waals surface area contributed by atoms with Gasteiger partial charge in [-0.2, -0.15) is 0 Å². The van der Waals surface area contributed by atoms with Crippen LogP contribution in [0.15, 0.2) is 24.3 Å². The van der Waals surface area contributed by atoms with Gasteiger partial charge in [0, 0.05) is 13.1 Å². The minimum absolute atomic E-state index is 0.907. The number of nitrogens with zero attached hydrogens (tertiary/aromatic N) is 1. The average Bonchev–Trinajstić information content (AvgIpc) is 2.33. The van der Waals surface area contributed by atoms with Crippen LogP contribution in [0.25, 0.3) is 0 Å². The van der Waals surface area contributed by atoms with Crippen molar-refractivity contribution in [2.24, 2.45) is 0 Å². The van der Waals surface area contributed by atoms with E-state index in [0.717, 1.165) is 26.3 Å². The first-order valence-corrected chi connectivity index (χ1v) is 6.20. The van der Waals surface area contributed by atoms with Gasteiger partial charge < -0.3 is 4.74 Å². The summed E-state index contributed by atoms with van der Waals surface area (Å²) in [4.78, 5) is 2.50. The van der Waals surface area contributed by atoms with Crippen LogP contribution in [0.1, 0.15) is 17.5 Å². The normalized spacial score (nSPS) is 17.6. The summed E-state index contributed by atoms with van der Waals surface area (Å²) < 4.78 is 5.34. The predicted molar refractivity (Wildman–Crippen MR) is 66.8 cm³/mol. The maximum absolute atomic E-state index is 5.34. The lowest BCUT2D eigenvalue weighted by Gasteiger charge is -2.26. The van der Waals surface area contributed by atoms with E-state index >= 15 is 0 Å². The summed E-state index contributed by atoms with van der Waals surface area (Å²) in [5.74, 6) is 0. The van der Waals surface area contributed by atoms with Crippen LogP contribution < -0.4 is 0 Å². The van der Waals surface area contributed by atoms with Crippen LogP contribution in [0.3, 0.4) is 0 Å². The van der Waals surface area contributed by atoms with Gasteiger partial charge in [0.05, 0.1) is 13.2 Å². The van der Waals surface area contributed by atoms with Gasteiger partial charge in [0.25, 0.3) is 0 Å². The SMILES string of the molecule is Cc1ccc(CCCN2CCOCC2)cc1. The molecular formula is C14H21NO. The van der Waals surface area contributed by atoms with Crippen molar-refractivity contribution < 1.29 is 4.74 Å². The first kappa shape index (κ1) is 11.6. The molecule has 0 N–H and O–H groups in total. The summed E-state index contributed by atoms with van der Waals surface area (Å²) >= 11 is 0. The van der Waals surface area contributed by atoms with Crippen molar-refractivity contribution in [3.8, 4) is 0 Å². The molecule has 0 amide bonds. The van der Waals surface area contributed by atoms with E-state index in [1.165, 1.54) is 30.5 Å². The van der Waals surface area contributed by atoms with Crippen molar-refractivity contribution in [3.05, 3.63) is 35.4 Å². The highest BCUT2D eigenvalue weighted by Crippen LogP contribution is 2.07. The number of hydrogen-bond acceptors (Lipinski definition) is 2. The van der Waals surface area contributed by atoms with Crippen LogP contribution in [0.2, 0.25) is 0 Å². The van der Waals surface area contributed by atoms with Crippen molar-refractivity contribution in [2.75, 3.05) is 32.8 Å². The largest absolute Gasteiger partial charge is 0.379 e. The van der Waals surface area contributed by atoms with Gasteiger partial charge in [-0.25, -0.2) is 0 Å². The highest BCUT2D eigenvalue weighted by molar-refractivity contribution is 5.21. The molecule has 0 aliphatic carbocycles. The van der Waals surface area contributed by atoms with E-state index in [1.807, 2.05) is 0 Å². The molecule has 0 spiro atoms. The molecule has 0 aromatic heterocycles. The molecule has 1 fully saturated rings. The standard InChI is InChI=1S/C14H21NO/c1-13-4-6-14(7-5-13)3-2-8-15-9-11-16-12-10-15/h4-7H,2-3,8-12H2,1H3. The Morgan fingerprint density at radius 3 is 2.50 bits per heavy atom. The van der Waals surface area contributed by atoms with E-state index in [1.54, 1.807) is 0 Å². The van der Waals surface area contributed by atoms with Crippen LogP contribution >= 0.6 is 0 Å². The maximum atomic E-state index is 5.34. The molecule has 0 radical (unpaired) electrons. The van der Waals surface area contributed by atoms with Crippen molar-refractivity contribution in [3.63, 3.8) is 0 Å². The molecule has 2 rings (SSSR count). The molecule has 1 saturated heterocycles. The highest BCUT2D eigenvalue weighted by atomic mass is 16.5. The quantitative estimate of drug-likeness (QED) is 0.770. The average molecular weight is 219 g/mol. The molecule has 0 saturated carbocycles. The summed E-state index contributed by atoms with van der Waals surface area (Å²) in [6.07, 6.45) is 2.45. The fourth-order valence-electron chi connectivity index (χ4n) is 2.09. The first-order chi connectivity index (χ1) is 7.84. The Kier molecular flexibility index (Phi) is 4.37. The Morgan fingerprint density at radius 2 is 1.81 bits per heavy atom. The number of aryl methyl sites for hydroxylation is 2. The number of rotatable bonds is 4. The topological polar surface area (TPSA) is 12.5 Å². The Bertz CT molecular complexity index is 301. The second-order valence-electron chi connectivity index (χ2n) is 4.54. The lowest BCUT2D eigenvalue weighted by atomic mass is 10.1. The van der Waals surface area contributed by atoms with Gasteiger partial charge in [-0.15, -0.1) is 0 Å². The van der Waals surface area contributed by atoms with Gasteiger partial charge in [-0.05, 0) is 31.9 Å². The van der Waals surface area contributed by atoms with E-state index in [9.17, 15) is 0 Å². The van der Waals surface area contributed by atoms with Crippen LogP contribution in [0, 0.1) is 6.92 Å². The fraction of sp³-hybridized carbons (Fsp3) is 0.571.